The molecule has 1 fully saturated rings. The smallest absolute Gasteiger partial charge is 0.319 e. The lowest BCUT2D eigenvalue weighted by Crippen LogP contribution is -2.36. The number of hydrogen-bond donors (Lipinski definition) is 3. The predicted molar refractivity (Wildman–Crippen MR) is 128 cm³/mol. The summed E-state index contributed by atoms with van der Waals surface area (Å²) < 4.78 is 0. The van der Waals surface area contributed by atoms with E-state index in [2.05, 4.69) is 45.8 Å². The first kappa shape index (κ1) is 22.8. The first-order chi connectivity index (χ1) is 14.8. The normalized spacial score (nSPS) is 18.5. The van der Waals surface area contributed by atoms with Crippen LogP contribution in [0.1, 0.15) is 56.6 Å². The maximum Gasteiger partial charge on any atom is 0.319 e. The van der Waals surface area contributed by atoms with Crippen molar-refractivity contribution in [1.29, 1.82) is 0 Å². The average molecular weight is 425 g/mol. The molecule has 1 aromatic heterocycles. The van der Waals surface area contributed by atoms with Crippen LogP contribution in [0.2, 0.25) is 0 Å². The first-order valence-corrected chi connectivity index (χ1v) is 11.2. The zero-order valence-corrected chi connectivity index (χ0v) is 19.4. The molecule has 0 radical (unpaired) electrons. The van der Waals surface area contributed by atoms with Crippen molar-refractivity contribution in [2.75, 3.05) is 36.2 Å². The van der Waals surface area contributed by atoms with Gasteiger partial charge in [0.05, 0.1) is 0 Å². The second-order valence-corrected chi connectivity index (χ2v) is 9.02. The summed E-state index contributed by atoms with van der Waals surface area (Å²) in [5.74, 6) is 2.45. The molecule has 2 amide bonds. The number of amides is 2. The van der Waals surface area contributed by atoms with Crippen molar-refractivity contribution in [2.45, 2.75) is 58.4 Å². The molecular weight excluding hydrogens is 388 g/mol. The molecule has 0 aliphatic heterocycles. The van der Waals surface area contributed by atoms with Gasteiger partial charge in [0, 0.05) is 38.6 Å². The Bertz CT molecular complexity index is 874. The average Bonchev–Trinajstić information content (AvgIpc) is 2.74. The largest absolute Gasteiger partial charge is 0.363 e. The van der Waals surface area contributed by atoms with E-state index >= 15 is 0 Å². The van der Waals surface area contributed by atoms with Crippen molar-refractivity contribution >= 4 is 23.5 Å². The molecule has 3 rings (SSSR count). The number of nitrogens with one attached hydrogen (secondary N) is 3. The molecule has 2 aromatic rings. The molecule has 0 unspecified atom stereocenters. The fourth-order valence-corrected chi connectivity index (χ4v) is 4.10. The monoisotopic (exact) mass is 424 g/mol. The van der Waals surface area contributed by atoms with E-state index in [-0.39, 0.29) is 6.03 Å². The van der Waals surface area contributed by atoms with E-state index in [4.69, 9.17) is 0 Å². The lowest BCUT2D eigenvalue weighted by atomic mass is 9.86. The molecule has 1 aliphatic rings. The second kappa shape index (κ2) is 10.5. The minimum absolute atomic E-state index is 0.120. The molecule has 168 valence electrons. The Balaban J connectivity index is 1.44. The number of anilines is 3. The van der Waals surface area contributed by atoms with E-state index in [1.807, 2.05) is 44.1 Å². The van der Waals surface area contributed by atoms with Gasteiger partial charge in [-0.1, -0.05) is 32.0 Å². The van der Waals surface area contributed by atoms with Gasteiger partial charge >= 0.3 is 6.03 Å². The summed E-state index contributed by atoms with van der Waals surface area (Å²) in [4.78, 5) is 23.4. The molecular formula is C24H36N6O. The summed E-state index contributed by atoms with van der Waals surface area (Å²) in [7, 11) is 3.95. The van der Waals surface area contributed by atoms with E-state index in [1.165, 1.54) is 5.56 Å². The van der Waals surface area contributed by atoms with Crippen molar-refractivity contribution in [3.05, 3.63) is 41.6 Å². The zero-order chi connectivity index (χ0) is 22.4. The highest BCUT2D eigenvalue weighted by atomic mass is 16.2. The summed E-state index contributed by atoms with van der Waals surface area (Å²) in [5.41, 5.74) is 3.19. The minimum Gasteiger partial charge on any atom is -0.363 e. The van der Waals surface area contributed by atoms with Gasteiger partial charge < -0.3 is 20.9 Å². The highest BCUT2D eigenvalue weighted by Gasteiger charge is 2.22. The summed E-state index contributed by atoms with van der Waals surface area (Å²) >= 11 is 0. The lowest BCUT2D eigenvalue weighted by molar-refractivity contribution is 0.246. The Hall–Kier alpha value is -2.83. The number of nitrogens with zero attached hydrogens (tertiary/aromatic N) is 3. The third kappa shape index (κ3) is 6.32. The van der Waals surface area contributed by atoms with Crippen LogP contribution in [0.3, 0.4) is 0 Å². The van der Waals surface area contributed by atoms with Crippen LogP contribution in [0.15, 0.2) is 30.5 Å². The molecule has 0 saturated heterocycles. The number of carbonyl (C=O) groups is 1. The fourth-order valence-electron chi connectivity index (χ4n) is 4.10. The fraction of sp³-hybridized carbons (Fsp3) is 0.542. The Kier molecular flexibility index (Phi) is 7.71. The Labute approximate surface area is 186 Å². The van der Waals surface area contributed by atoms with Crippen molar-refractivity contribution in [3.8, 4) is 0 Å². The van der Waals surface area contributed by atoms with Crippen molar-refractivity contribution in [1.82, 2.24) is 15.3 Å². The second-order valence-electron chi connectivity index (χ2n) is 9.02. The molecule has 7 heteroatoms. The molecule has 1 aliphatic carbocycles. The number of hydrogen-bond acceptors (Lipinski definition) is 5. The molecule has 0 spiro atoms. The van der Waals surface area contributed by atoms with E-state index in [9.17, 15) is 4.79 Å². The van der Waals surface area contributed by atoms with Gasteiger partial charge in [-0.25, -0.2) is 9.78 Å². The van der Waals surface area contributed by atoms with E-state index < -0.39 is 0 Å². The molecule has 7 nitrogen and oxygen atoms in total. The minimum atomic E-state index is -0.120. The molecule has 31 heavy (non-hydrogen) atoms. The van der Waals surface area contributed by atoms with Gasteiger partial charge in [-0.2, -0.15) is 4.98 Å². The van der Waals surface area contributed by atoms with Crippen LogP contribution in [-0.4, -0.2) is 42.7 Å². The number of rotatable bonds is 7. The standard InChI is InChI=1S/C24H36N6O/c1-16(2)20-8-6-7-17(3)22(20)29-24(31)26-15-18-9-11-19(12-10-18)27-23-25-14-13-21(28-23)30(4)5/h6-8,13-14,16,18-19H,9-12,15H2,1-5H3,(H,25,27,28)(H2,26,29,31)/t18-,19+. The van der Waals surface area contributed by atoms with Gasteiger partial charge in [0.1, 0.15) is 5.82 Å². The molecule has 1 aromatic carbocycles. The van der Waals surface area contributed by atoms with E-state index in [1.54, 1.807) is 6.20 Å². The van der Waals surface area contributed by atoms with Gasteiger partial charge in [-0.15, -0.1) is 0 Å². The Morgan fingerprint density at radius 2 is 1.90 bits per heavy atom. The van der Waals surface area contributed by atoms with Crippen LogP contribution >= 0.6 is 0 Å². The predicted octanol–water partition coefficient (Wildman–Crippen LogP) is 4.77. The molecule has 3 N–H and O–H groups in total. The van der Waals surface area contributed by atoms with Crippen molar-refractivity contribution < 1.29 is 4.79 Å². The maximum absolute atomic E-state index is 12.5. The van der Waals surface area contributed by atoms with Gasteiger partial charge in [0.2, 0.25) is 5.95 Å². The lowest BCUT2D eigenvalue weighted by Gasteiger charge is -2.29. The Morgan fingerprint density at radius 3 is 2.58 bits per heavy atom. The van der Waals surface area contributed by atoms with Crippen molar-refractivity contribution in [3.63, 3.8) is 0 Å². The highest BCUT2D eigenvalue weighted by Crippen LogP contribution is 2.28. The topological polar surface area (TPSA) is 82.2 Å². The Morgan fingerprint density at radius 1 is 1.16 bits per heavy atom. The highest BCUT2D eigenvalue weighted by molar-refractivity contribution is 5.91. The number of carbonyl (C=O) groups excluding carboxylic acids is 1. The molecule has 0 bridgehead atoms. The quantitative estimate of drug-likeness (QED) is 0.597. The first-order valence-electron chi connectivity index (χ1n) is 11.2. The van der Waals surface area contributed by atoms with Crippen LogP contribution in [0, 0.1) is 12.8 Å². The molecule has 1 saturated carbocycles. The molecule has 0 atom stereocenters. The van der Waals surface area contributed by atoms with Crippen LogP contribution in [0.4, 0.5) is 22.2 Å². The number of urea groups is 1. The van der Waals surface area contributed by atoms with Crippen LogP contribution in [0.25, 0.3) is 0 Å². The van der Waals surface area contributed by atoms with E-state index in [0.29, 0.717) is 30.4 Å². The third-order valence-corrected chi connectivity index (χ3v) is 6.00. The molecule has 1 heterocycles. The number of para-hydroxylation sites is 1. The summed E-state index contributed by atoms with van der Waals surface area (Å²) in [6, 6.07) is 8.32. The van der Waals surface area contributed by atoms with Gasteiger partial charge in [0.25, 0.3) is 0 Å². The van der Waals surface area contributed by atoms with Crippen LogP contribution in [-0.2, 0) is 0 Å². The zero-order valence-electron chi connectivity index (χ0n) is 19.4. The number of aryl methyl sites for hydroxylation is 1. The van der Waals surface area contributed by atoms with Crippen LogP contribution in [0.5, 0.6) is 0 Å². The van der Waals surface area contributed by atoms with Gasteiger partial charge in [-0.05, 0) is 61.6 Å². The van der Waals surface area contributed by atoms with Gasteiger partial charge in [-0.3, -0.25) is 0 Å². The summed E-state index contributed by atoms with van der Waals surface area (Å²) in [5, 5.41) is 9.62. The van der Waals surface area contributed by atoms with Crippen molar-refractivity contribution in [2.24, 2.45) is 5.92 Å². The van der Waals surface area contributed by atoms with Gasteiger partial charge in [0.15, 0.2) is 0 Å². The third-order valence-electron chi connectivity index (χ3n) is 6.00. The number of benzene rings is 1. The van der Waals surface area contributed by atoms with E-state index in [0.717, 1.165) is 42.8 Å². The summed E-state index contributed by atoms with van der Waals surface area (Å²) in [6.45, 7) is 7.03. The number of aromatic nitrogens is 2. The maximum atomic E-state index is 12.5. The van der Waals surface area contributed by atoms with Crippen LogP contribution < -0.4 is 20.9 Å². The SMILES string of the molecule is Cc1cccc(C(C)C)c1NC(=O)NC[C@H]1CC[C@@H](Nc2nccc(N(C)C)n2)CC1. The summed E-state index contributed by atoms with van der Waals surface area (Å²) in [6.07, 6.45) is 6.05.